The summed E-state index contributed by atoms with van der Waals surface area (Å²) in [6.45, 7) is 0.904. The highest BCUT2D eigenvalue weighted by Crippen LogP contribution is 2.32. The minimum Gasteiger partial charge on any atom is -0.454 e. The first kappa shape index (κ1) is 17.3. The van der Waals surface area contributed by atoms with Crippen LogP contribution < -0.4 is 20.1 Å². The number of rotatable bonds is 6. The summed E-state index contributed by atoms with van der Waals surface area (Å²) >= 11 is 3.32. The molecule has 0 aliphatic carbocycles. The van der Waals surface area contributed by atoms with Gasteiger partial charge in [0, 0.05) is 29.5 Å². The Bertz CT molecular complexity index is 777. The highest BCUT2D eigenvalue weighted by atomic mass is 79.9. The topological polar surface area (TPSA) is 76.7 Å². The van der Waals surface area contributed by atoms with Crippen molar-refractivity contribution in [1.29, 1.82) is 0 Å². The summed E-state index contributed by atoms with van der Waals surface area (Å²) in [5, 5.41) is 5.55. The highest BCUT2D eigenvalue weighted by molar-refractivity contribution is 9.10. The molecule has 1 heterocycles. The number of nitrogens with one attached hydrogen (secondary N) is 2. The van der Waals surface area contributed by atoms with Gasteiger partial charge >= 0.3 is 0 Å². The quantitative estimate of drug-likeness (QED) is 0.775. The van der Waals surface area contributed by atoms with Gasteiger partial charge in [0.2, 0.25) is 12.7 Å². The van der Waals surface area contributed by atoms with E-state index in [0.29, 0.717) is 23.6 Å². The van der Waals surface area contributed by atoms with Crippen LogP contribution in [0.3, 0.4) is 0 Å². The van der Waals surface area contributed by atoms with Crippen molar-refractivity contribution in [3.05, 3.63) is 58.1 Å². The van der Waals surface area contributed by atoms with Crippen molar-refractivity contribution in [3.63, 3.8) is 0 Å². The number of halogens is 1. The van der Waals surface area contributed by atoms with Gasteiger partial charge in [-0.25, -0.2) is 0 Å². The van der Waals surface area contributed by atoms with E-state index in [9.17, 15) is 9.59 Å². The lowest BCUT2D eigenvalue weighted by atomic mass is 10.2. The molecule has 2 amide bonds. The van der Waals surface area contributed by atoms with Crippen molar-refractivity contribution in [2.45, 2.75) is 13.0 Å². The summed E-state index contributed by atoms with van der Waals surface area (Å²) in [6, 6.07) is 12.6. The molecule has 130 valence electrons. The molecule has 0 radical (unpaired) electrons. The molecule has 0 saturated heterocycles. The molecule has 0 unspecified atom stereocenters. The van der Waals surface area contributed by atoms with Crippen molar-refractivity contribution in [1.82, 2.24) is 10.6 Å². The lowest BCUT2D eigenvalue weighted by Gasteiger charge is -2.08. The first-order chi connectivity index (χ1) is 12.1. The maximum Gasteiger partial charge on any atom is 0.251 e. The Morgan fingerprint density at radius 3 is 2.56 bits per heavy atom. The van der Waals surface area contributed by atoms with Crippen molar-refractivity contribution in [2.75, 3.05) is 13.3 Å². The number of fused-ring (bicyclic) bond motifs is 1. The zero-order chi connectivity index (χ0) is 17.6. The van der Waals surface area contributed by atoms with Gasteiger partial charge in [0.1, 0.15) is 0 Å². The molecule has 1 aliphatic rings. The second-order valence-corrected chi connectivity index (χ2v) is 6.39. The first-order valence-electron chi connectivity index (χ1n) is 7.81. The molecular formula is C18H17BrN2O4. The van der Waals surface area contributed by atoms with E-state index in [4.69, 9.17) is 9.47 Å². The van der Waals surface area contributed by atoms with Crippen molar-refractivity contribution < 1.29 is 19.1 Å². The third kappa shape index (κ3) is 4.73. The van der Waals surface area contributed by atoms with E-state index in [1.54, 1.807) is 24.3 Å². The molecule has 0 saturated carbocycles. The van der Waals surface area contributed by atoms with E-state index in [1.165, 1.54) is 0 Å². The van der Waals surface area contributed by atoms with Crippen molar-refractivity contribution in [3.8, 4) is 11.5 Å². The maximum absolute atomic E-state index is 11.9. The van der Waals surface area contributed by atoms with E-state index in [0.717, 1.165) is 10.0 Å². The van der Waals surface area contributed by atoms with Gasteiger partial charge < -0.3 is 20.1 Å². The SMILES string of the molecule is O=C(CCNC(=O)c1ccc(Br)cc1)NCc1ccc2c(c1)OCO2. The fraction of sp³-hybridized carbons (Fsp3) is 0.222. The third-order valence-electron chi connectivity index (χ3n) is 3.67. The van der Waals surface area contributed by atoms with Crippen LogP contribution in [-0.2, 0) is 11.3 Å². The zero-order valence-electron chi connectivity index (χ0n) is 13.4. The molecule has 2 aromatic carbocycles. The number of hydrogen-bond acceptors (Lipinski definition) is 4. The fourth-order valence-corrected chi connectivity index (χ4v) is 2.60. The van der Waals surface area contributed by atoms with Crippen LogP contribution in [0.1, 0.15) is 22.3 Å². The van der Waals surface area contributed by atoms with Gasteiger partial charge in [-0.1, -0.05) is 22.0 Å². The van der Waals surface area contributed by atoms with E-state index >= 15 is 0 Å². The largest absolute Gasteiger partial charge is 0.454 e. The molecule has 7 heteroatoms. The molecule has 0 spiro atoms. The zero-order valence-corrected chi connectivity index (χ0v) is 15.0. The van der Waals surface area contributed by atoms with Crippen LogP contribution in [0.25, 0.3) is 0 Å². The Morgan fingerprint density at radius 1 is 1.00 bits per heavy atom. The summed E-state index contributed by atoms with van der Waals surface area (Å²) in [5.74, 6) is 1.07. The van der Waals surface area contributed by atoms with Crippen LogP contribution in [0.5, 0.6) is 11.5 Å². The van der Waals surface area contributed by atoms with Crippen LogP contribution in [0.4, 0.5) is 0 Å². The fourth-order valence-electron chi connectivity index (χ4n) is 2.33. The number of amides is 2. The molecule has 0 bridgehead atoms. The summed E-state index contributed by atoms with van der Waals surface area (Å²) in [5.41, 5.74) is 1.49. The van der Waals surface area contributed by atoms with Gasteiger partial charge in [-0.05, 0) is 42.0 Å². The Morgan fingerprint density at radius 2 is 1.76 bits per heavy atom. The van der Waals surface area contributed by atoms with Gasteiger partial charge in [-0.15, -0.1) is 0 Å². The maximum atomic E-state index is 11.9. The number of carbonyl (C=O) groups is 2. The Hall–Kier alpha value is -2.54. The minimum atomic E-state index is -0.198. The molecule has 0 aromatic heterocycles. The highest BCUT2D eigenvalue weighted by Gasteiger charge is 2.13. The van der Waals surface area contributed by atoms with Crippen LogP contribution >= 0.6 is 15.9 Å². The predicted octanol–water partition coefficient (Wildman–Crippen LogP) is 2.61. The molecule has 0 fully saturated rings. The number of carbonyl (C=O) groups excluding carboxylic acids is 2. The van der Waals surface area contributed by atoms with E-state index < -0.39 is 0 Å². The summed E-state index contributed by atoms with van der Waals surface area (Å²) in [7, 11) is 0. The Labute approximate surface area is 153 Å². The molecule has 0 atom stereocenters. The number of hydrogen-bond donors (Lipinski definition) is 2. The van der Waals surface area contributed by atoms with Gasteiger partial charge in [-0.3, -0.25) is 9.59 Å². The van der Waals surface area contributed by atoms with Gasteiger partial charge in [0.15, 0.2) is 11.5 Å². The van der Waals surface area contributed by atoms with Crippen LogP contribution in [0.15, 0.2) is 46.9 Å². The van der Waals surface area contributed by atoms with E-state index in [2.05, 4.69) is 26.6 Å². The molecule has 3 rings (SSSR count). The van der Waals surface area contributed by atoms with Gasteiger partial charge in [-0.2, -0.15) is 0 Å². The molecule has 1 aliphatic heterocycles. The van der Waals surface area contributed by atoms with Gasteiger partial charge in [0.25, 0.3) is 5.91 Å². The van der Waals surface area contributed by atoms with E-state index in [1.807, 2.05) is 18.2 Å². The first-order valence-corrected chi connectivity index (χ1v) is 8.60. The molecule has 25 heavy (non-hydrogen) atoms. The molecule has 2 N–H and O–H groups in total. The third-order valence-corrected chi connectivity index (χ3v) is 4.20. The average molecular weight is 405 g/mol. The van der Waals surface area contributed by atoms with E-state index in [-0.39, 0.29) is 31.6 Å². The van der Waals surface area contributed by atoms with Crippen molar-refractivity contribution in [2.24, 2.45) is 0 Å². The van der Waals surface area contributed by atoms with Crippen molar-refractivity contribution >= 4 is 27.7 Å². The van der Waals surface area contributed by atoms with Crippen LogP contribution in [-0.4, -0.2) is 25.2 Å². The lowest BCUT2D eigenvalue weighted by molar-refractivity contribution is -0.121. The predicted molar refractivity (Wildman–Crippen MR) is 95.5 cm³/mol. The lowest BCUT2D eigenvalue weighted by Crippen LogP contribution is -2.30. The van der Waals surface area contributed by atoms with Crippen LogP contribution in [0, 0.1) is 0 Å². The summed E-state index contributed by atoms with van der Waals surface area (Å²) in [6.07, 6.45) is 0.215. The summed E-state index contributed by atoms with van der Waals surface area (Å²) in [4.78, 5) is 23.8. The molecule has 2 aromatic rings. The number of ether oxygens (including phenoxy) is 2. The average Bonchev–Trinajstić information content (AvgIpc) is 3.08. The normalized spacial score (nSPS) is 11.9. The second-order valence-electron chi connectivity index (χ2n) is 5.48. The van der Waals surface area contributed by atoms with Gasteiger partial charge in [0.05, 0.1) is 0 Å². The minimum absolute atomic E-state index is 0.131. The Kier molecular flexibility index (Phi) is 5.55. The Balaban J connectivity index is 1.39. The summed E-state index contributed by atoms with van der Waals surface area (Å²) < 4.78 is 11.5. The molecular weight excluding hydrogens is 388 g/mol. The smallest absolute Gasteiger partial charge is 0.251 e. The second kappa shape index (κ2) is 8.02. The monoisotopic (exact) mass is 404 g/mol. The number of benzene rings is 2. The van der Waals surface area contributed by atoms with Crippen LogP contribution in [0.2, 0.25) is 0 Å². The standard InChI is InChI=1S/C18H17BrN2O4/c19-14-4-2-13(3-5-14)18(23)20-8-7-17(22)21-10-12-1-6-15-16(9-12)25-11-24-15/h1-6,9H,7-8,10-11H2,(H,20,23)(H,21,22). The molecule has 6 nitrogen and oxygen atoms in total.